The summed E-state index contributed by atoms with van der Waals surface area (Å²) in [5, 5.41) is -0.602. The highest BCUT2D eigenvalue weighted by atomic mass is 35.5. The van der Waals surface area contributed by atoms with Gasteiger partial charge in [0, 0.05) is 25.6 Å². The molecule has 0 aliphatic carbocycles. The molecule has 0 aromatic carbocycles. The second-order valence-electron chi connectivity index (χ2n) is 1.40. The summed E-state index contributed by atoms with van der Waals surface area (Å²) in [5.41, 5.74) is -1.28. The van der Waals surface area contributed by atoms with Gasteiger partial charge in [0.05, 0.1) is 2.74 Å². The normalized spacial score (nSPS) is 25.4. The van der Waals surface area contributed by atoms with Gasteiger partial charge in [0.2, 0.25) is 0 Å². The second kappa shape index (κ2) is 2.36. The molecule has 0 atom stereocenters. The number of halogens is 1. The molecule has 1 heterocycles. The molecule has 1 aromatic rings. The highest BCUT2D eigenvalue weighted by Gasteiger charge is 1.95. The van der Waals surface area contributed by atoms with Crippen LogP contribution in [-0.2, 0) is 0 Å². The first-order chi connectivity index (χ1) is 7.46. The van der Waals surface area contributed by atoms with Crippen molar-refractivity contribution in [3.05, 3.63) is 28.5 Å². The summed E-state index contributed by atoms with van der Waals surface area (Å²) in [6, 6.07) is 0. The zero-order valence-corrected chi connectivity index (χ0v) is 5.08. The van der Waals surface area contributed by atoms with Gasteiger partial charge < -0.3 is 0 Å². The van der Waals surface area contributed by atoms with Gasteiger partial charge in [-0.1, -0.05) is 11.6 Å². The fourth-order valence-corrected chi connectivity index (χ4v) is 0.447. The molecule has 0 aliphatic rings. The van der Waals surface area contributed by atoms with Crippen LogP contribution in [0.1, 0.15) is 22.1 Å². The Hall–Kier alpha value is -0.560. The molecule has 0 aliphatic heterocycles. The second-order valence-corrected chi connectivity index (χ2v) is 1.78. The van der Waals surface area contributed by atoms with Crippen LogP contribution in [0.3, 0.4) is 0 Å². The minimum atomic E-state index is -2.74. The standard InChI is InChI=1S/C7H8ClN/c1-5-3-9-4-6(2)7(5)8/h3-4H,1-2H3/i1D3,2D3,3D,4D. The van der Waals surface area contributed by atoms with Crippen LogP contribution in [0.25, 0.3) is 0 Å². The van der Waals surface area contributed by atoms with E-state index >= 15 is 0 Å². The number of pyridine rings is 1. The Kier molecular flexibility index (Phi) is 0.453. The molecule has 9 heavy (non-hydrogen) atoms. The van der Waals surface area contributed by atoms with Crippen molar-refractivity contribution in [2.45, 2.75) is 13.7 Å². The highest BCUT2D eigenvalue weighted by Crippen LogP contribution is 2.16. The van der Waals surface area contributed by atoms with Gasteiger partial charge in [-0.2, -0.15) is 0 Å². The van der Waals surface area contributed by atoms with Crippen molar-refractivity contribution in [2.75, 3.05) is 0 Å². The summed E-state index contributed by atoms with van der Waals surface area (Å²) in [6.45, 7) is -5.48. The first-order valence-corrected chi connectivity index (χ1v) is 2.51. The van der Waals surface area contributed by atoms with Crippen molar-refractivity contribution in [1.82, 2.24) is 4.98 Å². The first kappa shape index (κ1) is 1.73. The number of rotatable bonds is 0. The molecule has 0 amide bonds. The lowest BCUT2D eigenvalue weighted by Crippen LogP contribution is -1.81. The Bertz CT molecular complexity index is 410. The average Bonchev–Trinajstić information content (AvgIpc) is 1.94. The smallest absolute Gasteiger partial charge is 0.0843 e. The highest BCUT2D eigenvalue weighted by molar-refractivity contribution is 6.32. The van der Waals surface area contributed by atoms with Crippen LogP contribution in [0.15, 0.2) is 12.3 Å². The lowest BCUT2D eigenvalue weighted by Gasteiger charge is -1.97. The van der Waals surface area contributed by atoms with Crippen LogP contribution in [0, 0.1) is 13.7 Å². The fourth-order valence-electron chi connectivity index (χ4n) is 0.363. The van der Waals surface area contributed by atoms with Crippen molar-refractivity contribution < 1.29 is 11.0 Å². The summed E-state index contributed by atoms with van der Waals surface area (Å²) in [5.74, 6) is 0. The number of aromatic nitrogens is 1. The van der Waals surface area contributed by atoms with Gasteiger partial charge in [0.15, 0.2) is 0 Å². The van der Waals surface area contributed by atoms with Crippen LogP contribution in [0.4, 0.5) is 0 Å². The summed E-state index contributed by atoms with van der Waals surface area (Å²) in [7, 11) is 0. The van der Waals surface area contributed by atoms with E-state index in [1.54, 1.807) is 0 Å². The van der Waals surface area contributed by atoms with Crippen LogP contribution in [0.5, 0.6) is 0 Å². The van der Waals surface area contributed by atoms with Gasteiger partial charge in [-0.05, 0) is 24.8 Å². The van der Waals surface area contributed by atoms with E-state index in [-0.39, 0.29) is 0 Å². The predicted molar refractivity (Wildman–Crippen MR) is 38.7 cm³/mol. The van der Waals surface area contributed by atoms with Crippen LogP contribution in [-0.4, -0.2) is 4.98 Å². The third-order valence-electron chi connectivity index (χ3n) is 0.774. The average molecular weight is 150 g/mol. The van der Waals surface area contributed by atoms with Crippen molar-refractivity contribution >= 4 is 11.6 Å². The van der Waals surface area contributed by atoms with Crippen molar-refractivity contribution in [1.29, 1.82) is 0 Å². The first-order valence-electron chi connectivity index (χ1n) is 6.14. The zero-order chi connectivity index (χ0) is 13.6. The van der Waals surface area contributed by atoms with E-state index in [2.05, 4.69) is 4.98 Å². The summed E-state index contributed by atoms with van der Waals surface area (Å²) < 4.78 is 57.7. The van der Waals surface area contributed by atoms with E-state index in [0.717, 1.165) is 0 Å². The molecule has 2 heteroatoms. The third-order valence-corrected chi connectivity index (χ3v) is 1.15. The maximum Gasteiger partial charge on any atom is 0.0843 e. The molecule has 0 radical (unpaired) electrons. The van der Waals surface area contributed by atoms with Gasteiger partial charge in [0.25, 0.3) is 0 Å². The summed E-state index contributed by atoms with van der Waals surface area (Å²) in [6.07, 6.45) is -1.40. The molecular formula is C7H8ClN. The Morgan fingerprint density at radius 1 is 1.56 bits per heavy atom. The van der Waals surface area contributed by atoms with Crippen LogP contribution in [0.2, 0.25) is 5.02 Å². The van der Waals surface area contributed by atoms with E-state index in [0.29, 0.717) is 0 Å². The van der Waals surface area contributed by atoms with E-state index in [1.165, 1.54) is 0 Å². The molecule has 1 aromatic heterocycles. The number of nitrogens with zero attached hydrogens (tertiary/aromatic N) is 1. The molecule has 0 unspecified atom stereocenters. The Morgan fingerprint density at radius 2 is 2.11 bits per heavy atom. The predicted octanol–water partition coefficient (Wildman–Crippen LogP) is 2.35. The topological polar surface area (TPSA) is 12.9 Å². The molecule has 1 rings (SSSR count). The van der Waals surface area contributed by atoms with Gasteiger partial charge in [0.1, 0.15) is 0 Å². The van der Waals surface area contributed by atoms with Crippen molar-refractivity contribution in [3.8, 4) is 0 Å². The van der Waals surface area contributed by atoms with Crippen LogP contribution < -0.4 is 0 Å². The molecule has 0 spiro atoms. The van der Waals surface area contributed by atoms with Gasteiger partial charge >= 0.3 is 0 Å². The van der Waals surface area contributed by atoms with E-state index < -0.39 is 42.2 Å². The molecule has 0 fully saturated rings. The van der Waals surface area contributed by atoms with Gasteiger partial charge in [-0.15, -0.1) is 0 Å². The zero-order valence-electron chi connectivity index (χ0n) is 12.3. The number of hydrogen-bond donors (Lipinski definition) is 0. The summed E-state index contributed by atoms with van der Waals surface area (Å²) >= 11 is 5.69. The maximum atomic E-state index is 7.35. The monoisotopic (exact) mass is 149 g/mol. The van der Waals surface area contributed by atoms with Crippen molar-refractivity contribution in [2.24, 2.45) is 0 Å². The Morgan fingerprint density at radius 3 is 2.56 bits per heavy atom. The minimum absolute atomic E-state index is 0.602. The van der Waals surface area contributed by atoms with Gasteiger partial charge in [-0.25, -0.2) is 0 Å². The SMILES string of the molecule is [2H]c1nc([2H])c(C([2H])([2H])[2H])c(Cl)c1C([2H])([2H])[2H]. The molecule has 0 saturated heterocycles. The van der Waals surface area contributed by atoms with E-state index in [1.807, 2.05) is 0 Å². The summed E-state index contributed by atoms with van der Waals surface area (Å²) in [4.78, 5) is 3.30. The lowest BCUT2D eigenvalue weighted by atomic mass is 10.2. The molecule has 0 bridgehead atoms. The quantitative estimate of drug-likeness (QED) is 0.552. The maximum absolute atomic E-state index is 7.35. The number of hydrogen-bond acceptors (Lipinski definition) is 1. The lowest BCUT2D eigenvalue weighted by molar-refractivity contribution is 1.22. The minimum Gasteiger partial charge on any atom is -0.264 e. The van der Waals surface area contributed by atoms with Gasteiger partial charge in [-0.3, -0.25) is 4.98 Å². The Balaban J connectivity index is 3.67. The third kappa shape index (κ3) is 1.22. The van der Waals surface area contributed by atoms with E-state index in [9.17, 15) is 0 Å². The molecule has 1 nitrogen and oxygen atoms in total. The fraction of sp³-hybridized carbons (Fsp3) is 0.286. The van der Waals surface area contributed by atoms with Crippen LogP contribution >= 0.6 is 11.6 Å². The van der Waals surface area contributed by atoms with Crippen molar-refractivity contribution in [3.63, 3.8) is 0 Å². The molecule has 0 N–H and O–H groups in total. The van der Waals surface area contributed by atoms with E-state index in [4.69, 9.17) is 22.6 Å². The molecule has 48 valence electrons. The molecular weight excluding hydrogens is 134 g/mol. The largest absolute Gasteiger partial charge is 0.264 e. The molecule has 0 saturated carbocycles. The Labute approximate surface area is 70.9 Å².